The third-order valence-electron chi connectivity index (χ3n) is 3.56. The maximum Gasteiger partial charge on any atom is 0.260 e. The van der Waals surface area contributed by atoms with Crippen LogP contribution in [0, 0.1) is 0 Å². The standard InChI is InChI=1S/C18H19N5O2/c1-14(25-15-6-3-2-4-7-15)18(24)22-11-13-23-12-10-21-17(23)16-19-8-5-9-20-16/h2-10,12,14H,11,13H2,1H3,(H,22,24)/t14-/m1/s1. The highest BCUT2D eigenvalue weighted by atomic mass is 16.5. The predicted octanol–water partition coefficient (Wildman–Crippen LogP) is 1.92. The third kappa shape index (κ3) is 4.41. The summed E-state index contributed by atoms with van der Waals surface area (Å²) < 4.78 is 7.51. The van der Waals surface area contributed by atoms with Crippen molar-refractivity contribution in [2.75, 3.05) is 6.54 Å². The number of rotatable bonds is 7. The van der Waals surface area contributed by atoms with Crippen LogP contribution in [0.15, 0.2) is 61.2 Å². The molecular weight excluding hydrogens is 318 g/mol. The van der Waals surface area contributed by atoms with Gasteiger partial charge in [0, 0.05) is 37.9 Å². The van der Waals surface area contributed by atoms with Crippen molar-refractivity contribution in [3.05, 3.63) is 61.2 Å². The van der Waals surface area contributed by atoms with Gasteiger partial charge in [-0.15, -0.1) is 0 Å². The van der Waals surface area contributed by atoms with Gasteiger partial charge in [0.25, 0.3) is 5.91 Å². The Bertz CT molecular complexity index is 805. The van der Waals surface area contributed by atoms with Crippen molar-refractivity contribution < 1.29 is 9.53 Å². The van der Waals surface area contributed by atoms with Crippen LogP contribution >= 0.6 is 0 Å². The lowest BCUT2D eigenvalue weighted by Gasteiger charge is -2.15. The van der Waals surface area contributed by atoms with Gasteiger partial charge in [-0.25, -0.2) is 15.0 Å². The monoisotopic (exact) mass is 337 g/mol. The number of hydrogen-bond donors (Lipinski definition) is 1. The molecule has 1 amide bonds. The maximum absolute atomic E-state index is 12.1. The summed E-state index contributed by atoms with van der Waals surface area (Å²) in [5.41, 5.74) is 0. The number of carbonyl (C=O) groups excluding carboxylic acids is 1. The number of imidazole rings is 1. The molecule has 7 nitrogen and oxygen atoms in total. The summed E-state index contributed by atoms with van der Waals surface area (Å²) in [7, 11) is 0. The molecule has 3 rings (SSSR count). The minimum atomic E-state index is -0.567. The van der Waals surface area contributed by atoms with Gasteiger partial charge in [-0.3, -0.25) is 4.79 Å². The minimum absolute atomic E-state index is 0.165. The minimum Gasteiger partial charge on any atom is -0.481 e. The molecule has 1 atom stereocenters. The largest absolute Gasteiger partial charge is 0.481 e. The fourth-order valence-electron chi connectivity index (χ4n) is 2.31. The Hall–Kier alpha value is -3.22. The van der Waals surface area contributed by atoms with Gasteiger partial charge in [-0.05, 0) is 25.1 Å². The molecule has 0 bridgehead atoms. The van der Waals surface area contributed by atoms with Gasteiger partial charge < -0.3 is 14.6 Å². The predicted molar refractivity (Wildman–Crippen MR) is 92.8 cm³/mol. The lowest BCUT2D eigenvalue weighted by molar-refractivity contribution is -0.127. The van der Waals surface area contributed by atoms with E-state index >= 15 is 0 Å². The number of ether oxygens (including phenoxy) is 1. The van der Waals surface area contributed by atoms with Crippen molar-refractivity contribution in [2.24, 2.45) is 0 Å². The van der Waals surface area contributed by atoms with E-state index in [2.05, 4.69) is 20.3 Å². The number of nitrogens with zero attached hydrogens (tertiary/aromatic N) is 4. The lowest BCUT2D eigenvalue weighted by atomic mass is 10.3. The van der Waals surface area contributed by atoms with Gasteiger partial charge in [-0.2, -0.15) is 0 Å². The fraction of sp³-hybridized carbons (Fsp3) is 0.222. The first-order chi connectivity index (χ1) is 12.2. The zero-order valence-corrected chi connectivity index (χ0v) is 13.9. The Labute approximate surface area is 145 Å². The smallest absolute Gasteiger partial charge is 0.260 e. The Morgan fingerprint density at radius 1 is 1.12 bits per heavy atom. The molecule has 0 aliphatic rings. The van der Waals surface area contributed by atoms with Crippen molar-refractivity contribution in [1.29, 1.82) is 0 Å². The molecule has 2 aromatic heterocycles. The van der Waals surface area contributed by atoms with Crippen molar-refractivity contribution in [3.8, 4) is 17.4 Å². The van der Waals surface area contributed by atoms with Crippen LogP contribution in [0.1, 0.15) is 6.92 Å². The molecule has 0 aliphatic carbocycles. The van der Waals surface area contributed by atoms with Crippen LogP contribution in [0.25, 0.3) is 11.6 Å². The van der Waals surface area contributed by atoms with Gasteiger partial charge in [0.05, 0.1) is 0 Å². The Kier molecular flexibility index (Phi) is 5.36. The molecular formula is C18H19N5O2. The normalized spacial score (nSPS) is 11.7. The summed E-state index contributed by atoms with van der Waals surface area (Å²) >= 11 is 0. The number of carbonyl (C=O) groups is 1. The third-order valence-corrected chi connectivity index (χ3v) is 3.56. The number of aromatic nitrogens is 4. The number of amides is 1. The van der Waals surface area contributed by atoms with Crippen molar-refractivity contribution in [2.45, 2.75) is 19.6 Å². The second-order valence-corrected chi connectivity index (χ2v) is 5.38. The molecule has 128 valence electrons. The second kappa shape index (κ2) is 8.05. The highest BCUT2D eigenvalue weighted by Gasteiger charge is 2.14. The quantitative estimate of drug-likeness (QED) is 0.712. The van der Waals surface area contributed by atoms with Crippen molar-refractivity contribution in [1.82, 2.24) is 24.8 Å². The maximum atomic E-state index is 12.1. The van der Waals surface area contributed by atoms with Crippen molar-refractivity contribution in [3.63, 3.8) is 0 Å². The zero-order chi connectivity index (χ0) is 17.5. The molecule has 3 aromatic rings. The Balaban J connectivity index is 1.52. The average molecular weight is 337 g/mol. The molecule has 1 aromatic carbocycles. The van der Waals surface area contributed by atoms with Crippen LogP contribution in [-0.4, -0.2) is 38.1 Å². The first-order valence-corrected chi connectivity index (χ1v) is 8.02. The van der Waals surface area contributed by atoms with E-state index in [-0.39, 0.29) is 5.91 Å². The van der Waals surface area contributed by atoms with E-state index in [0.29, 0.717) is 30.5 Å². The SMILES string of the molecule is C[C@@H](Oc1ccccc1)C(=O)NCCn1ccnc1-c1ncccn1. The molecule has 2 heterocycles. The van der Waals surface area contributed by atoms with Crippen LogP contribution in [-0.2, 0) is 11.3 Å². The van der Waals surface area contributed by atoms with E-state index < -0.39 is 6.10 Å². The van der Waals surface area contributed by atoms with Crippen LogP contribution in [0.2, 0.25) is 0 Å². The highest BCUT2D eigenvalue weighted by Crippen LogP contribution is 2.12. The van der Waals surface area contributed by atoms with E-state index in [1.807, 2.05) is 41.1 Å². The molecule has 0 saturated heterocycles. The van der Waals surface area contributed by atoms with Gasteiger partial charge in [0.1, 0.15) is 5.75 Å². The van der Waals surface area contributed by atoms with Gasteiger partial charge in [0.15, 0.2) is 17.8 Å². The van der Waals surface area contributed by atoms with E-state index in [9.17, 15) is 4.79 Å². The van der Waals surface area contributed by atoms with Crippen LogP contribution in [0.5, 0.6) is 5.75 Å². The Morgan fingerprint density at radius 2 is 1.88 bits per heavy atom. The first-order valence-electron chi connectivity index (χ1n) is 8.02. The summed E-state index contributed by atoms with van der Waals surface area (Å²) in [6.45, 7) is 2.75. The van der Waals surface area contributed by atoms with E-state index in [1.54, 1.807) is 31.6 Å². The second-order valence-electron chi connectivity index (χ2n) is 5.38. The molecule has 0 saturated carbocycles. The van der Waals surface area contributed by atoms with Crippen LogP contribution < -0.4 is 10.1 Å². The van der Waals surface area contributed by atoms with E-state index in [4.69, 9.17) is 4.74 Å². The van der Waals surface area contributed by atoms with Crippen LogP contribution in [0.3, 0.4) is 0 Å². The van der Waals surface area contributed by atoms with E-state index in [0.717, 1.165) is 0 Å². The first kappa shape index (κ1) is 16.6. The lowest BCUT2D eigenvalue weighted by Crippen LogP contribution is -2.37. The van der Waals surface area contributed by atoms with Crippen molar-refractivity contribution >= 4 is 5.91 Å². The molecule has 25 heavy (non-hydrogen) atoms. The van der Waals surface area contributed by atoms with Gasteiger partial charge in [0.2, 0.25) is 0 Å². The molecule has 1 N–H and O–H groups in total. The molecule has 0 radical (unpaired) electrons. The zero-order valence-electron chi connectivity index (χ0n) is 13.9. The van der Waals surface area contributed by atoms with Gasteiger partial charge in [-0.1, -0.05) is 18.2 Å². The molecule has 0 unspecified atom stereocenters. The highest BCUT2D eigenvalue weighted by molar-refractivity contribution is 5.80. The van der Waals surface area contributed by atoms with E-state index in [1.165, 1.54) is 0 Å². The topological polar surface area (TPSA) is 81.9 Å². The molecule has 0 aliphatic heterocycles. The summed E-state index contributed by atoms with van der Waals surface area (Å²) in [6, 6.07) is 11.0. The number of nitrogens with one attached hydrogen (secondary N) is 1. The summed E-state index contributed by atoms with van der Waals surface area (Å²) in [6.07, 6.45) is 6.30. The Morgan fingerprint density at radius 3 is 2.64 bits per heavy atom. The molecule has 0 fully saturated rings. The van der Waals surface area contributed by atoms with Gasteiger partial charge >= 0.3 is 0 Å². The number of para-hydroxylation sites is 1. The fourth-order valence-corrected chi connectivity index (χ4v) is 2.31. The summed E-state index contributed by atoms with van der Waals surface area (Å²) in [5.74, 6) is 1.73. The number of benzene rings is 1. The molecule has 0 spiro atoms. The summed E-state index contributed by atoms with van der Waals surface area (Å²) in [5, 5.41) is 2.87. The summed E-state index contributed by atoms with van der Waals surface area (Å²) in [4.78, 5) is 24.8. The average Bonchev–Trinajstić information content (AvgIpc) is 3.11. The van der Waals surface area contributed by atoms with Crippen LogP contribution in [0.4, 0.5) is 0 Å². The molecule has 7 heteroatoms. The number of hydrogen-bond acceptors (Lipinski definition) is 5.